The van der Waals surface area contributed by atoms with Crippen molar-refractivity contribution in [3.63, 3.8) is 0 Å². The van der Waals surface area contributed by atoms with Gasteiger partial charge < -0.3 is 15.6 Å². The van der Waals surface area contributed by atoms with Gasteiger partial charge in [0.2, 0.25) is 0 Å². The third-order valence-electron chi connectivity index (χ3n) is 2.61. The van der Waals surface area contributed by atoms with E-state index in [-0.39, 0.29) is 5.91 Å². The molecule has 2 heterocycles. The molecule has 6 nitrogen and oxygen atoms in total. The largest absolute Gasteiger partial charge is 0.384 e. The number of aromatic nitrogens is 3. The summed E-state index contributed by atoms with van der Waals surface area (Å²) in [5, 5.41) is 5.95. The number of carbonyl (C=O) groups excluding carboxylic acids is 1. The van der Waals surface area contributed by atoms with Gasteiger partial charge in [0.1, 0.15) is 5.69 Å². The van der Waals surface area contributed by atoms with Crippen molar-refractivity contribution < 1.29 is 4.79 Å². The number of carbonyl (C=O) groups is 1. The van der Waals surface area contributed by atoms with Crippen LogP contribution in [-0.2, 0) is 6.42 Å². The van der Waals surface area contributed by atoms with Crippen LogP contribution in [-0.4, -0.2) is 33.9 Å². The Hall–Kier alpha value is -2.37. The number of aromatic amines is 1. The van der Waals surface area contributed by atoms with Gasteiger partial charge in [-0.15, -0.1) is 0 Å². The Balaban J connectivity index is 1.82. The van der Waals surface area contributed by atoms with Gasteiger partial charge in [0.05, 0.1) is 18.2 Å². The van der Waals surface area contributed by atoms with E-state index >= 15 is 0 Å². The number of amides is 1. The summed E-state index contributed by atoms with van der Waals surface area (Å²) >= 11 is 0. The Bertz CT molecular complexity index is 506. The molecule has 100 valence electrons. The summed E-state index contributed by atoms with van der Waals surface area (Å²) in [6, 6.07) is 3.56. The van der Waals surface area contributed by atoms with Gasteiger partial charge in [-0.05, 0) is 19.1 Å². The molecule has 0 saturated carbocycles. The van der Waals surface area contributed by atoms with Crippen LogP contribution >= 0.6 is 0 Å². The third kappa shape index (κ3) is 3.80. The Morgan fingerprint density at radius 2 is 2.26 bits per heavy atom. The van der Waals surface area contributed by atoms with Crippen molar-refractivity contribution in [3.05, 3.63) is 42.2 Å². The zero-order valence-electron chi connectivity index (χ0n) is 10.8. The Morgan fingerprint density at radius 3 is 2.89 bits per heavy atom. The van der Waals surface area contributed by atoms with Crippen molar-refractivity contribution in [2.24, 2.45) is 0 Å². The highest BCUT2D eigenvalue weighted by molar-refractivity contribution is 5.92. The zero-order chi connectivity index (χ0) is 13.5. The number of nitrogens with one attached hydrogen (secondary N) is 3. The van der Waals surface area contributed by atoms with Gasteiger partial charge in [-0.3, -0.25) is 4.79 Å². The average Bonchev–Trinajstić information content (AvgIpc) is 2.93. The second-order valence-corrected chi connectivity index (χ2v) is 4.05. The second kappa shape index (κ2) is 6.53. The minimum atomic E-state index is -0.164. The van der Waals surface area contributed by atoms with Crippen LogP contribution in [0.2, 0.25) is 0 Å². The van der Waals surface area contributed by atoms with Crippen LogP contribution in [0.25, 0.3) is 0 Å². The maximum Gasteiger partial charge on any atom is 0.269 e. The number of imidazole rings is 1. The molecule has 0 spiro atoms. The quantitative estimate of drug-likeness (QED) is 0.728. The number of hydrogen-bond acceptors (Lipinski definition) is 4. The summed E-state index contributed by atoms with van der Waals surface area (Å²) in [6.07, 6.45) is 5.75. The summed E-state index contributed by atoms with van der Waals surface area (Å²) in [5.41, 5.74) is 2.33. The van der Waals surface area contributed by atoms with Crippen LogP contribution in [0.4, 0.5) is 5.69 Å². The molecule has 3 N–H and O–H groups in total. The monoisotopic (exact) mass is 259 g/mol. The molecule has 2 aromatic heterocycles. The van der Waals surface area contributed by atoms with E-state index in [1.807, 2.05) is 13.0 Å². The number of pyridine rings is 1. The van der Waals surface area contributed by atoms with Crippen LogP contribution in [0.15, 0.2) is 30.9 Å². The first kappa shape index (κ1) is 13.1. The molecule has 6 heteroatoms. The van der Waals surface area contributed by atoms with Gasteiger partial charge in [-0.25, -0.2) is 9.97 Å². The molecule has 0 saturated heterocycles. The van der Waals surface area contributed by atoms with Gasteiger partial charge in [-0.1, -0.05) is 0 Å². The molecular weight excluding hydrogens is 242 g/mol. The number of hydrogen-bond donors (Lipinski definition) is 3. The zero-order valence-corrected chi connectivity index (χ0v) is 10.8. The highest BCUT2D eigenvalue weighted by Gasteiger charge is 2.06. The smallest absolute Gasteiger partial charge is 0.269 e. The van der Waals surface area contributed by atoms with Crippen LogP contribution in [0.5, 0.6) is 0 Å². The number of rotatable bonds is 6. The molecule has 0 bridgehead atoms. The third-order valence-corrected chi connectivity index (χ3v) is 2.61. The standard InChI is InChI=1S/C13H17N5O/c1-2-15-10-3-4-12(17-8-10)13(19)16-6-5-11-7-14-9-18-11/h3-4,7-9,15H,2,5-6H2,1H3,(H,14,18)(H,16,19). The van der Waals surface area contributed by atoms with Crippen LogP contribution in [0.1, 0.15) is 23.1 Å². The van der Waals surface area contributed by atoms with E-state index < -0.39 is 0 Å². The minimum Gasteiger partial charge on any atom is -0.384 e. The molecule has 0 radical (unpaired) electrons. The molecular formula is C13H17N5O. The predicted molar refractivity (Wildman–Crippen MR) is 73.0 cm³/mol. The summed E-state index contributed by atoms with van der Waals surface area (Å²) in [7, 11) is 0. The topological polar surface area (TPSA) is 82.7 Å². The Morgan fingerprint density at radius 1 is 1.37 bits per heavy atom. The lowest BCUT2D eigenvalue weighted by atomic mass is 10.3. The van der Waals surface area contributed by atoms with E-state index in [0.717, 1.165) is 24.3 Å². The van der Waals surface area contributed by atoms with Crippen LogP contribution in [0, 0.1) is 0 Å². The van der Waals surface area contributed by atoms with E-state index in [2.05, 4.69) is 25.6 Å². The van der Waals surface area contributed by atoms with Crippen molar-refractivity contribution in [2.45, 2.75) is 13.3 Å². The lowest BCUT2D eigenvalue weighted by Gasteiger charge is -2.05. The first-order valence-corrected chi connectivity index (χ1v) is 6.25. The SMILES string of the molecule is CCNc1ccc(C(=O)NCCc2cnc[nH]2)nc1. The maximum atomic E-state index is 11.8. The molecule has 0 unspecified atom stereocenters. The number of anilines is 1. The maximum absolute atomic E-state index is 11.8. The lowest BCUT2D eigenvalue weighted by Crippen LogP contribution is -2.26. The number of nitrogens with zero attached hydrogens (tertiary/aromatic N) is 2. The van der Waals surface area contributed by atoms with Gasteiger partial charge in [0.25, 0.3) is 5.91 Å². The fraction of sp³-hybridized carbons (Fsp3) is 0.308. The summed E-state index contributed by atoms with van der Waals surface area (Å²) < 4.78 is 0. The molecule has 2 rings (SSSR count). The first-order valence-electron chi connectivity index (χ1n) is 6.25. The van der Waals surface area contributed by atoms with Gasteiger partial charge >= 0.3 is 0 Å². The van der Waals surface area contributed by atoms with E-state index in [0.29, 0.717) is 12.2 Å². The minimum absolute atomic E-state index is 0.164. The molecule has 1 amide bonds. The van der Waals surface area contributed by atoms with Crippen molar-refractivity contribution in [1.29, 1.82) is 0 Å². The molecule has 0 aromatic carbocycles. The molecule has 19 heavy (non-hydrogen) atoms. The van der Waals surface area contributed by atoms with E-state index in [9.17, 15) is 4.79 Å². The molecule has 0 fully saturated rings. The normalized spacial score (nSPS) is 10.2. The van der Waals surface area contributed by atoms with Crippen LogP contribution in [0.3, 0.4) is 0 Å². The first-order chi connectivity index (χ1) is 9.29. The lowest BCUT2D eigenvalue weighted by molar-refractivity contribution is 0.0949. The van der Waals surface area contributed by atoms with Gasteiger partial charge in [0, 0.05) is 31.4 Å². The van der Waals surface area contributed by atoms with Gasteiger partial charge in [0.15, 0.2) is 0 Å². The van der Waals surface area contributed by atoms with Crippen molar-refractivity contribution in [2.75, 3.05) is 18.4 Å². The van der Waals surface area contributed by atoms with E-state index in [1.54, 1.807) is 24.8 Å². The molecule has 0 aliphatic heterocycles. The average molecular weight is 259 g/mol. The Kier molecular flexibility index (Phi) is 4.49. The highest BCUT2D eigenvalue weighted by Crippen LogP contribution is 2.05. The van der Waals surface area contributed by atoms with Crippen molar-refractivity contribution in [1.82, 2.24) is 20.3 Å². The van der Waals surface area contributed by atoms with Crippen molar-refractivity contribution >= 4 is 11.6 Å². The van der Waals surface area contributed by atoms with Gasteiger partial charge in [-0.2, -0.15) is 0 Å². The van der Waals surface area contributed by atoms with E-state index in [4.69, 9.17) is 0 Å². The van der Waals surface area contributed by atoms with Crippen LogP contribution < -0.4 is 10.6 Å². The van der Waals surface area contributed by atoms with E-state index in [1.165, 1.54) is 0 Å². The summed E-state index contributed by atoms with van der Waals surface area (Å²) in [6.45, 7) is 3.39. The number of H-pyrrole nitrogens is 1. The molecule has 2 aromatic rings. The highest BCUT2D eigenvalue weighted by atomic mass is 16.1. The molecule has 0 aliphatic rings. The Labute approximate surface area is 111 Å². The summed E-state index contributed by atoms with van der Waals surface area (Å²) in [4.78, 5) is 22.8. The molecule has 0 atom stereocenters. The van der Waals surface area contributed by atoms with Crippen molar-refractivity contribution in [3.8, 4) is 0 Å². The predicted octanol–water partition coefficient (Wildman–Crippen LogP) is 1.21. The summed E-state index contributed by atoms with van der Waals surface area (Å²) in [5.74, 6) is -0.164. The molecule has 0 aliphatic carbocycles. The second-order valence-electron chi connectivity index (χ2n) is 4.05. The fourth-order valence-corrected chi connectivity index (χ4v) is 1.66. The fourth-order valence-electron chi connectivity index (χ4n) is 1.66.